The predicted molar refractivity (Wildman–Crippen MR) is 80.5 cm³/mol. The molecule has 3 aromatic rings. The molecule has 2 heterocycles. The Hall–Kier alpha value is -3.09. The Kier molecular flexibility index (Phi) is 3.61. The molecule has 0 bridgehead atoms. The molecule has 0 atom stereocenters. The van der Waals surface area contributed by atoms with Crippen LogP contribution in [0, 0.1) is 0 Å². The Morgan fingerprint density at radius 2 is 2.05 bits per heavy atom. The van der Waals surface area contributed by atoms with Crippen molar-refractivity contribution in [2.75, 3.05) is 19.5 Å². The molecule has 0 unspecified atom stereocenters. The molecule has 1 N–H and O–H groups in total. The van der Waals surface area contributed by atoms with Crippen molar-refractivity contribution in [3.8, 4) is 11.5 Å². The zero-order valence-corrected chi connectivity index (χ0v) is 12.1. The van der Waals surface area contributed by atoms with Crippen LogP contribution >= 0.6 is 0 Å². The quantitative estimate of drug-likeness (QED) is 0.797. The topological polar surface area (TPSA) is 77.8 Å². The maximum Gasteiger partial charge on any atom is 0.257 e. The van der Waals surface area contributed by atoms with E-state index in [1.54, 1.807) is 54.4 Å². The minimum Gasteiger partial charge on any atom is -0.497 e. The molecule has 0 fully saturated rings. The summed E-state index contributed by atoms with van der Waals surface area (Å²) >= 11 is 0. The highest BCUT2D eigenvalue weighted by Gasteiger charge is 2.11. The number of nitrogens with zero attached hydrogens (tertiary/aromatic N) is 3. The molecule has 0 saturated carbocycles. The molecule has 112 valence electrons. The van der Waals surface area contributed by atoms with Gasteiger partial charge in [-0.05, 0) is 24.3 Å². The number of rotatable bonds is 4. The average Bonchev–Trinajstić information content (AvgIpc) is 3.02. The molecule has 0 spiro atoms. The lowest BCUT2D eigenvalue weighted by atomic mass is 10.2. The number of benzene rings is 1. The van der Waals surface area contributed by atoms with Crippen LogP contribution in [-0.2, 0) is 0 Å². The van der Waals surface area contributed by atoms with Gasteiger partial charge in [-0.2, -0.15) is 0 Å². The summed E-state index contributed by atoms with van der Waals surface area (Å²) in [7, 11) is 3.11. The van der Waals surface area contributed by atoms with Gasteiger partial charge in [-0.3, -0.25) is 9.20 Å². The van der Waals surface area contributed by atoms with Gasteiger partial charge in [-0.1, -0.05) is 0 Å². The number of carbonyl (C=O) groups is 1. The van der Waals surface area contributed by atoms with E-state index in [-0.39, 0.29) is 5.91 Å². The summed E-state index contributed by atoms with van der Waals surface area (Å²) in [6, 6.07) is 8.61. The Labute approximate surface area is 126 Å². The first-order chi connectivity index (χ1) is 10.7. The van der Waals surface area contributed by atoms with Gasteiger partial charge in [0.25, 0.3) is 5.91 Å². The monoisotopic (exact) mass is 298 g/mol. The van der Waals surface area contributed by atoms with Gasteiger partial charge in [0.15, 0.2) is 5.65 Å². The van der Waals surface area contributed by atoms with Crippen LogP contribution in [0.5, 0.6) is 11.5 Å². The van der Waals surface area contributed by atoms with Gasteiger partial charge in [0.2, 0.25) is 0 Å². The van der Waals surface area contributed by atoms with E-state index in [1.165, 1.54) is 7.11 Å². The van der Waals surface area contributed by atoms with Gasteiger partial charge in [0.05, 0.1) is 25.5 Å². The average molecular weight is 298 g/mol. The number of aromatic nitrogens is 3. The summed E-state index contributed by atoms with van der Waals surface area (Å²) in [5.41, 5.74) is 1.74. The van der Waals surface area contributed by atoms with Gasteiger partial charge in [0, 0.05) is 12.3 Å². The van der Waals surface area contributed by atoms with E-state index >= 15 is 0 Å². The first-order valence-corrected chi connectivity index (χ1v) is 6.54. The van der Waals surface area contributed by atoms with E-state index in [0.29, 0.717) is 28.4 Å². The number of amides is 1. The SMILES string of the molecule is COc1ccc(NC(=O)c2ccc3nncn3c2)c(OC)c1. The summed E-state index contributed by atoms with van der Waals surface area (Å²) in [6.07, 6.45) is 3.21. The molecule has 0 aliphatic heterocycles. The lowest BCUT2D eigenvalue weighted by Gasteiger charge is -2.11. The first kappa shape index (κ1) is 13.9. The highest BCUT2D eigenvalue weighted by atomic mass is 16.5. The number of hydrogen-bond donors (Lipinski definition) is 1. The molecule has 22 heavy (non-hydrogen) atoms. The number of methoxy groups -OCH3 is 2. The van der Waals surface area contributed by atoms with Gasteiger partial charge >= 0.3 is 0 Å². The third-order valence-electron chi connectivity index (χ3n) is 3.21. The van der Waals surface area contributed by atoms with E-state index in [2.05, 4.69) is 15.5 Å². The third-order valence-corrected chi connectivity index (χ3v) is 3.21. The van der Waals surface area contributed by atoms with Gasteiger partial charge in [-0.25, -0.2) is 0 Å². The molecule has 7 heteroatoms. The van der Waals surface area contributed by atoms with Crippen molar-refractivity contribution in [2.24, 2.45) is 0 Å². The van der Waals surface area contributed by atoms with E-state index in [9.17, 15) is 4.79 Å². The molecule has 0 aliphatic rings. The second kappa shape index (κ2) is 5.72. The van der Waals surface area contributed by atoms with Crippen LogP contribution in [0.2, 0.25) is 0 Å². The van der Waals surface area contributed by atoms with Crippen LogP contribution in [0.1, 0.15) is 10.4 Å². The van der Waals surface area contributed by atoms with E-state index in [1.807, 2.05) is 0 Å². The molecule has 0 aliphatic carbocycles. The second-order valence-corrected chi connectivity index (χ2v) is 4.53. The van der Waals surface area contributed by atoms with Crippen LogP contribution in [-0.4, -0.2) is 34.7 Å². The lowest BCUT2D eigenvalue weighted by Crippen LogP contribution is -2.13. The molecule has 1 amide bonds. The maximum atomic E-state index is 12.4. The highest BCUT2D eigenvalue weighted by molar-refractivity contribution is 6.05. The summed E-state index contributed by atoms with van der Waals surface area (Å²) in [6.45, 7) is 0. The molecule has 1 aromatic carbocycles. The molecule has 0 radical (unpaired) electrons. The van der Waals surface area contributed by atoms with Crippen molar-refractivity contribution in [3.05, 3.63) is 48.4 Å². The fraction of sp³-hybridized carbons (Fsp3) is 0.133. The van der Waals surface area contributed by atoms with Gasteiger partial charge in [0.1, 0.15) is 17.8 Å². The highest BCUT2D eigenvalue weighted by Crippen LogP contribution is 2.29. The standard InChI is InChI=1S/C15H14N4O3/c1-21-11-4-5-12(13(7-11)22-2)17-15(20)10-3-6-14-18-16-9-19(14)8-10/h3-9H,1-2H3,(H,17,20). The lowest BCUT2D eigenvalue weighted by molar-refractivity contribution is 0.102. The van der Waals surface area contributed by atoms with Crippen molar-refractivity contribution in [3.63, 3.8) is 0 Å². The smallest absolute Gasteiger partial charge is 0.257 e. The van der Waals surface area contributed by atoms with E-state index in [4.69, 9.17) is 9.47 Å². The van der Waals surface area contributed by atoms with Gasteiger partial charge in [-0.15, -0.1) is 10.2 Å². The molecular weight excluding hydrogens is 284 g/mol. The number of carbonyl (C=O) groups excluding carboxylic acids is 1. The minimum absolute atomic E-state index is 0.251. The molecular formula is C15H14N4O3. The number of anilines is 1. The largest absolute Gasteiger partial charge is 0.497 e. The zero-order chi connectivity index (χ0) is 15.5. The Morgan fingerprint density at radius 3 is 2.82 bits per heavy atom. The first-order valence-electron chi connectivity index (χ1n) is 6.54. The number of hydrogen-bond acceptors (Lipinski definition) is 5. The van der Waals surface area contributed by atoms with Crippen LogP contribution in [0.15, 0.2) is 42.9 Å². The summed E-state index contributed by atoms with van der Waals surface area (Å²) in [5, 5.41) is 10.5. The van der Waals surface area contributed by atoms with E-state index in [0.717, 1.165) is 0 Å². The fourth-order valence-electron chi connectivity index (χ4n) is 2.06. The third kappa shape index (κ3) is 2.56. The Morgan fingerprint density at radius 1 is 1.18 bits per heavy atom. The fourth-order valence-corrected chi connectivity index (χ4v) is 2.06. The van der Waals surface area contributed by atoms with Crippen LogP contribution in [0.4, 0.5) is 5.69 Å². The van der Waals surface area contributed by atoms with Crippen molar-refractivity contribution in [1.82, 2.24) is 14.6 Å². The normalized spacial score (nSPS) is 10.5. The number of pyridine rings is 1. The molecule has 7 nitrogen and oxygen atoms in total. The molecule has 3 rings (SSSR count). The zero-order valence-electron chi connectivity index (χ0n) is 12.1. The van der Waals surface area contributed by atoms with Gasteiger partial charge < -0.3 is 14.8 Å². The predicted octanol–water partition coefficient (Wildman–Crippen LogP) is 2.00. The van der Waals surface area contributed by atoms with Crippen molar-refractivity contribution in [2.45, 2.75) is 0 Å². The molecule has 0 saturated heterocycles. The second-order valence-electron chi connectivity index (χ2n) is 4.53. The number of ether oxygens (including phenoxy) is 2. The van der Waals surface area contributed by atoms with Crippen LogP contribution < -0.4 is 14.8 Å². The van der Waals surface area contributed by atoms with Crippen molar-refractivity contribution >= 4 is 17.2 Å². The van der Waals surface area contributed by atoms with Crippen LogP contribution in [0.3, 0.4) is 0 Å². The number of nitrogens with one attached hydrogen (secondary N) is 1. The summed E-state index contributed by atoms with van der Waals surface area (Å²) < 4.78 is 12.1. The Bertz CT molecular complexity index is 829. The van der Waals surface area contributed by atoms with Crippen molar-refractivity contribution < 1.29 is 14.3 Å². The van der Waals surface area contributed by atoms with Crippen molar-refractivity contribution in [1.29, 1.82) is 0 Å². The summed E-state index contributed by atoms with van der Waals surface area (Å²) in [4.78, 5) is 12.4. The maximum absolute atomic E-state index is 12.4. The Balaban J connectivity index is 1.87. The summed E-state index contributed by atoms with van der Waals surface area (Å²) in [5.74, 6) is 0.929. The minimum atomic E-state index is -0.251. The molecule has 2 aromatic heterocycles. The van der Waals surface area contributed by atoms with Crippen LogP contribution in [0.25, 0.3) is 5.65 Å². The van der Waals surface area contributed by atoms with E-state index < -0.39 is 0 Å². The number of fused-ring (bicyclic) bond motifs is 1.